The van der Waals surface area contributed by atoms with E-state index in [1.54, 1.807) is 17.6 Å². The second-order valence-electron chi connectivity index (χ2n) is 7.18. The fourth-order valence-corrected chi connectivity index (χ4v) is 6.10. The van der Waals surface area contributed by atoms with Crippen LogP contribution in [-0.2, 0) is 14.8 Å². The van der Waals surface area contributed by atoms with E-state index in [1.165, 1.54) is 39.9 Å². The van der Waals surface area contributed by atoms with Crippen LogP contribution in [0, 0.1) is 0 Å². The lowest BCUT2D eigenvalue weighted by Crippen LogP contribution is -2.48. The van der Waals surface area contributed by atoms with Gasteiger partial charge in [0.05, 0.1) is 38.0 Å². The molecule has 10 heteroatoms. The van der Waals surface area contributed by atoms with Gasteiger partial charge >= 0.3 is 0 Å². The summed E-state index contributed by atoms with van der Waals surface area (Å²) in [4.78, 5) is 17.0. The van der Waals surface area contributed by atoms with Crippen LogP contribution in [0.5, 0.6) is 0 Å². The molecular formula is C20H20ClN3O4S2. The summed E-state index contributed by atoms with van der Waals surface area (Å²) in [6, 6.07) is 9.34. The number of ether oxygens (including phenoxy) is 1. The standard InChI is InChI=1S/C20H20ClN3O4S2/c1-12-9-24(10-13(2)28-12)30(26,27)15-5-3-14(4-6-15)20(25)23-17-8-7-16(21)18-19(17)29-11-22-18/h3-8,11-13H,9-10H2,1-2H3,(H,23,25). The quantitative estimate of drug-likeness (QED) is 0.629. The highest BCUT2D eigenvalue weighted by atomic mass is 35.5. The predicted molar refractivity (Wildman–Crippen MR) is 118 cm³/mol. The number of carbonyl (C=O) groups excluding carboxylic acids is 1. The van der Waals surface area contributed by atoms with Crippen molar-refractivity contribution >= 4 is 54.8 Å². The molecule has 4 rings (SSSR count). The summed E-state index contributed by atoms with van der Waals surface area (Å²) >= 11 is 7.51. The average Bonchev–Trinajstić information content (AvgIpc) is 3.20. The molecular weight excluding hydrogens is 446 g/mol. The molecule has 1 N–H and O–H groups in total. The van der Waals surface area contributed by atoms with Crippen LogP contribution in [0.2, 0.25) is 5.02 Å². The van der Waals surface area contributed by atoms with Crippen molar-refractivity contribution in [2.45, 2.75) is 31.0 Å². The first kappa shape index (κ1) is 21.2. The van der Waals surface area contributed by atoms with Crippen molar-refractivity contribution in [1.82, 2.24) is 9.29 Å². The van der Waals surface area contributed by atoms with E-state index in [4.69, 9.17) is 16.3 Å². The van der Waals surface area contributed by atoms with E-state index < -0.39 is 10.0 Å². The second kappa shape index (κ2) is 8.24. The minimum Gasteiger partial charge on any atom is -0.373 e. The van der Waals surface area contributed by atoms with Gasteiger partial charge < -0.3 is 10.1 Å². The maximum atomic E-state index is 13.0. The number of nitrogens with zero attached hydrogens (tertiary/aromatic N) is 2. The lowest BCUT2D eigenvalue weighted by atomic mass is 10.2. The average molecular weight is 466 g/mol. The Labute approximate surface area is 183 Å². The number of hydrogen-bond donors (Lipinski definition) is 1. The smallest absolute Gasteiger partial charge is 0.255 e. The molecule has 0 bridgehead atoms. The predicted octanol–water partition coefficient (Wildman–Crippen LogP) is 4.00. The van der Waals surface area contributed by atoms with E-state index in [1.807, 2.05) is 13.8 Å². The van der Waals surface area contributed by atoms with Gasteiger partial charge in [-0.2, -0.15) is 4.31 Å². The van der Waals surface area contributed by atoms with E-state index >= 15 is 0 Å². The number of anilines is 1. The molecule has 0 radical (unpaired) electrons. The molecule has 2 unspecified atom stereocenters. The first-order valence-corrected chi connectivity index (χ1v) is 12.0. The van der Waals surface area contributed by atoms with Crippen LogP contribution in [0.25, 0.3) is 10.2 Å². The molecule has 158 valence electrons. The van der Waals surface area contributed by atoms with Crippen LogP contribution < -0.4 is 5.32 Å². The molecule has 2 heterocycles. The van der Waals surface area contributed by atoms with E-state index in [2.05, 4.69) is 10.3 Å². The Morgan fingerprint density at radius 3 is 2.50 bits per heavy atom. The lowest BCUT2D eigenvalue weighted by molar-refractivity contribution is -0.0440. The Morgan fingerprint density at radius 2 is 1.83 bits per heavy atom. The Hall–Kier alpha value is -2.04. The van der Waals surface area contributed by atoms with Crippen LogP contribution in [-0.4, -0.2) is 48.9 Å². The van der Waals surface area contributed by atoms with Crippen LogP contribution in [0.4, 0.5) is 5.69 Å². The van der Waals surface area contributed by atoms with Crippen LogP contribution >= 0.6 is 22.9 Å². The molecule has 0 spiro atoms. The second-order valence-corrected chi connectivity index (χ2v) is 10.4. The fourth-order valence-electron chi connectivity index (χ4n) is 3.47. The molecule has 0 aliphatic carbocycles. The molecule has 1 aliphatic rings. The summed E-state index contributed by atoms with van der Waals surface area (Å²) < 4.78 is 33.7. The number of nitrogens with one attached hydrogen (secondary N) is 1. The minimum atomic E-state index is -3.65. The monoisotopic (exact) mass is 465 g/mol. The molecule has 1 fully saturated rings. The Kier molecular flexibility index (Phi) is 5.82. The molecule has 1 saturated heterocycles. The topological polar surface area (TPSA) is 88.6 Å². The van der Waals surface area contributed by atoms with Gasteiger partial charge in [-0.15, -0.1) is 11.3 Å². The molecule has 0 saturated carbocycles. The summed E-state index contributed by atoms with van der Waals surface area (Å²) in [6.45, 7) is 4.30. The maximum Gasteiger partial charge on any atom is 0.255 e. The van der Waals surface area contributed by atoms with Gasteiger partial charge in [0.15, 0.2) is 0 Å². The maximum absolute atomic E-state index is 13.0. The van der Waals surface area contributed by atoms with Gasteiger partial charge in [0.25, 0.3) is 5.91 Å². The third kappa shape index (κ3) is 4.08. The Bertz CT molecular complexity index is 1180. The first-order valence-electron chi connectivity index (χ1n) is 9.34. The van der Waals surface area contributed by atoms with Gasteiger partial charge in [-0.05, 0) is 50.2 Å². The van der Waals surface area contributed by atoms with Crippen molar-refractivity contribution in [2.75, 3.05) is 18.4 Å². The summed E-state index contributed by atoms with van der Waals surface area (Å²) in [6.07, 6.45) is -0.340. The molecule has 3 aromatic rings. The fraction of sp³-hybridized carbons (Fsp3) is 0.300. The van der Waals surface area contributed by atoms with Gasteiger partial charge in [0.2, 0.25) is 10.0 Å². The third-order valence-electron chi connectivity index (χ3n) is 4.82. The number of amides is 1. The summed E-state index contributed by atoms with van der Waals surface area (Å²) in [5.74, 6) is -0.343. The highest BCUT2D eigenvalue weighted by Gasteiger charge is 2.32. The Balaban J connectivity index is 1.53. The number of morpholine rings is 1. The molecule has 1 amide bonds. The first-order chi connectivity index (χ1) is 14.3. The van der Waals surface area contributed by atoms with Gasteiger partial charge in [-0.3, -0.25) is 4.79 Å². The SMILES string of the molecule is CC1CN(S(=O)(=O)c2ccc(C(=O)Nc3ccc(Cl)c4ncsc34)cc2)CC(C)O1. The van der Waals surface area contributed by atoms with Crippen molar-refractivity contribution in [2.24, 2.45) is 0 Å². The molecule has 30 heavy (non-hydrogen) atoms. The summed E-state index contributed by atoms with van der Waals surface area (Å²) in [7, 11) is -3.65. The van der Waals surface area contributed by atoms with E-state index in [-0.39, 0.29) is 23.0 Å². The molecule has 1 aliphatic heterocycles. The Morgan fingerprint density at radius 1 is 1.17 bits per heavy atom. The molecule has 7 nitrogen and oxygen atoms in total. The largest absolute Gasteiger partial charge is 0.373 e. The van der Waals surface area contributed by atoms with Crippen molar-refractivity contribution < 1.29 is 17.9 Å². The number of benzene rings is 2. The normalized spacial score (nSPS) is 20.4. The zero-order valence-corrected chi connectivity index (χ0v) is 18.7. The number of thiazole rings is 1. The van der Waals surface area contributed by atoms with Crippen molar-refractivity contribution in [1.29, 1.82) is 0 Å². The van der Waals surface area contributed by atoms with Crippen molar-refractivity contribution in [3.63, 3.8) is 0 Å². The third-order valence-corrected chi connectivity index (χ3v) is 7.83. The van der Waals surface area contributed by atoms with Gasteiger partial charge in [0.1, 0.15) is 5.52 Å². The summed E-state index contributed by atoms with van der Waals surface area (Å²) in [5, 5.41) is 3.36. The highest BCUT2D eigenvalue weighted by molar-refractivity contribution is 7.89. The highest BCUT2D eigenvalue weighted by Crippen LogP contribution is 2.32. The van der Waals surface area contributed by atoms with Crippen LogP contribution in [0.3, 0.4) is 0 Å². The van der Waals surface area contributed by atoms with Crippen molar-refractivity contribution in [3.05, 3.63) is 52.5 Å². The number of halogens is 1. The van der Waals surface area contributed by atoms with Gasteiger partial charge in [0, 0.05) is 18.7 Å². The van der Waals surface area contributed by atoms with E-state index in [9.17, 15) is 13.2 Å². The zero-order valence-electron chi connectivity index (χ0n) is 16.3. The number of rotatable bonds is 4. The zero-order chi connectivity index (χ0) is 21.5. The van der Waals surface area contributed by atoms with E-state index in [0.29, 0.717) is 34.9 Å². The number of fused-ring (bicyclic) bond motifs is 1. The van der Waals surface area contributed by atoms with Gasteiger partial charge in [-0.25, -0.2) is 13.4 Å². The van der Waals surface area contributed by atoms with Crippen LogP contribution in [0.15, 0.2) is 46.8 Å². The van der Waals surface area contributed by atoms with Crippen molar-refractivity contribution in [3.8, 4) is 0 Å². The number of carbonyl (C=O) groups is 1. The molecule has 2 aromatic carbocycles. The van der Waals surface area contributed by atoms with E-state index in [0.717, 1.165) is 4.70 Å². The number of hydrogen-bond acceptors (Lipinski definition) is 6. The number of aromatic nitrogens is 1. The van der Waals surface area contributed by atoms with Crippen LogP contribution in [0.1, 0.15) is 24.2 Å². The molecule has 2 atom stereocenters. The van der Waals surface area contributed by atoms with Gasteiger partial charge in [-0.1, -0.05) is 11.6 Å². The lowest BCUT2D eigenvalue weighted by Gasteiger charge is -2.34. The minimum absolute atomic E-state index is 0.150. The number of sulfonamides is 1. The summed E-state index contributed by atoms with van der Waals surface area (Å²) in [5.41, 5.74) is 3.26. The molecule has 1 aromatic heterocycles.